The second-order valence-electron chi connectivity index (χ2n) is 6.83. The Morgan fingerprint density at radius 2 is 1.83 bits per heavy atom. The summed E-state index contributed by atoms with van der Waals surface area (Å²) in [5, 5.41) is 10.5. The van der Waals surface area contributed by atoms with Gasteiger partial charge in [-0.15, -0.1) is 0 Å². The van der Waals surface area contributed by atoms with Crippen LogP contribution in [-0.4, -0.2) is 24.3 Å². The molecule has 2 bridgehead atoms. The van der Waals surface area contributed by atoms with Crippen LogP contribution >= 0.6 is 0 Å². The van der Waals surface area contributed by atoms with Crippen molar-refractivity contribution in [3.05, 3.63) is 71.4 Å². The molecule has 2 aromatic rings. The zero-order chi connectivity index (χ0) is 16.4. The summed E-state index contributed by atoms with van der Waals surface area (Å²) in [5.41, 5.74) is 3.42. The summed E-state index contributed by atoms with van der Waals surface area (Å²) in [4.78, 5) is 1.45. The predicted octanol–water partition coefficient (Wildman–Crippen LogP) is 2.28. The van der Waals surface area contributed by atoms with E-state index in [1.165, 1.54) is 4.90 Å². The van der Waals surface area contributed by atoms with Gasteiger partial charge in [-0.25, -0.2) is 0 Å². The molecule has 3 aliphatic rings. The lowest BCUT2D eigenvalue weighted by Crippen LogP contribution is -3.14. The fourth-order valence-electron chi connectivity index (χ4n) is 3.86. The van der Waals surface area contributed by atoms with Crippen LogP contribution in [-0.2, 0) is 6.61 Å². The number of ether oxygens (including phenoxy) is 1. The van der Waals surface area contributed by atoms with Gasteiger partial charge in [-0.2, -0.15) is 0 Å². The van der Waals surface area contributed by atoms with Gasteiger partial charge in [0.05, 0.1) is 13.1 Å². The van der Waals surface area contributed by atoms with Crippen LogP contribution in [0.3, 0.4) is 0 Å². The molecule has 3 aliphatic heterocycles. The van der Waals surface area contributed by atoms with Crippen molar-refractivity contribution in [3.8, 4) is 5.75 Å². The standard InChI is InChI=1S/C21H23NO2/c23-21-18-9-11-22(12-10-18)20(21)14-17-7-4-8-19(13-17)24-15-16-5-2-1-3-6-16/h1-8,13-14,18,21,23H,9-12,15H2/p+1/b20-14-/t21-/m1/s1. The van der Waals surface area contributed by atoms with Gasteiger partial charge in [-0.1, -0.05) is 42.5 Å². The minimum absolute atomic E-state index is 0.281. The Bertz CT molecular complexity index is 714. The molecule has 3 nitrogen and oxygen atoms in total. The van der Waals surface area contributed by atoms with Crippen molar-refractivity contribution in [1.82, 2.24) is 0 Å². The number of quaternary nitrogens is 1. The molecule has 3 heterocycles. The van der Waals surface area contributed by atoms with E-state index in [0.717, 1.165) is 48.5 Å². The maximum atomic E-state index is 10.5. The summed E-state index contributed by atoms with van der Waals surface area (Å²) < 4.78 is 5.91. The summed E-state index contributed by atoms with van der Waals surface area (Å²) in [7, 11) is 0. The van der Waals surface area contributed by atoms with E-state index >= 15 is 0 Å². The average Bonchev–Trinajstić information content (AvgIpc) is 2.65. The smallest absolute Gasteiger partial charge is 0.137 e. The maximum absolute atomic E-state index is 10.5. The first-order valence-corrected chi connectivity index (χ1v) is 8.81. The number of piperidine rings is 3. The number of rotatable bonds is 4. The Morgan fingerprint density at radius 1 is 1.04 bits per heavy atom. The number of fused-ring (bicyclic) bond motifs is 3. The van der Waals surface area contributed by atoms with Gasteiger partial charge in [0.1, 0.15) is 24.2 Å². The lowest BCUT2D eigenvalue weighted by Gasteiger charge is -2.41. The largest absolute Gasteiger partial charge is 0.489 e. The fourth-order valence-corrected chi connectivity index (χ4v) is 3.86. The van der Waals surface area contributed by atoms with Crippen molar-refractivity contribution in [3.63, 3.8) is 0 Å². The number of hydrogen-bond donors (Lipinski definition) is 2. The van der Waals surface area contributed by atoms with Crippen molar-refractivity contribution in [2.24, 2.45) is 5.92 Å². The zero-order valence-corrected chi connectivity index (χ0v) is 13.8. The van der Waals surface area contributed by atoms with Gasteiger partial charge in [-0.05, 0) is 23.3 Å². The first-order valence-electron chi connectivity index (χ1n) is 8.81. The summed E-state index contributed by atoms with van der Waals surface area (Å²) in [6, 6.07) is 18.3. The van der Waals surface area contributed by atoms with Crippen molar-refractivity contribution in [1.29, 1.82) is 0 Å². The highest BCUT2D eigenvalue weighted by atomic mass is 16.5. The first-order chi connectivity index (χ1) is 11.8. The number of hydrogen-bond acceptors (Lipinski definition) is 2. The van der Waals surface area contributed by atoms with Gasteiger partial charge in [0.25, 0.3) is 0 Å². The van der Waals surface area contributed by atoms with Crippen LogP contribution in [0, 0.1) is 5.92 Å². The normalized spacial score (nSPS) is 27.4. The quantitative estimate of drug-likeness (QED) is 0.905. The molecule has 3 saturated heterocycles. The van der Waals surface area contributed by atoms with Crippen molar-refractivity contribution in [2.45, 2.75) is 25.6 Å². The third-order valence-corrected chi connectivity index (χ3v) is 5.24. The van der Waals surface area contributed by atoms with E-state index in [4.69, 9.17) is 4.74 Å². The van der Waals surface area contributed by atoms with E-state index in [2.05, 4.69) is 30.3 Å². The molecule has 0 aliphatic carbocycles. The Morgan fingerprint density at radius 3 is 2.58 bits per heavy atom. The third-order valence-electron chi connectivity index (χ3n) is 5.24. The number of nitrogens with one attached hydrogen (secondary N) is 1. The topological polar surface area (TPSA) is 33.9 Å². The third kappa shape index (κ3) is 3.23. The minimum atomic E-state index is -0.281. The highest BCUT2D eigenvalue weighted by Gasteiger charge is 2.41. The van der Waals surface area contributed by atoms with E-state index in [1.807, 2.05) is 30.3 Å². The van der Waals surface area contributed by atoms with Gasteiger partial charge in [-0.3, -0.25) is 0 Å². The van der Waals surface area contributed by atoms with Crippen molar-refractivity contribution >= 4 is 6.08 Å². The fraction of sp³-hybridized carbons (Fsp3) is 0.333. The molecule has 0 aromatic heterocycles. The Kier molecular flexibility index (Phi) is 4.37. The van der Waals surface area contributed by atoms with Crippen molar-refractivity contribution < 1.29 is 14.7 Å². The van der Waals surface area contributed by atoms with Crippen LogP contribution in [0.2, 0.25) is 0 Å². The van der Waals surface area contributed by atoms with Crippen LogP contribution in [0.1, 0.15) is 24.0 Å². The van der Waals surface area contributed by atoms with Gasteiger partial charge in [0, 0.05) is 24.8 Å². The van der Waals surface area contributed by atoms with E-state index in [-0.39, 0.29) is 6.10 Å². The molecule has 0 unspecified atom stereocenters. The van der Waals surface area contributed by atoms with E-state index in [1.54, 1.807) is 0 Å². The van der Waals surface area contributed by atoms with E-state index in [9.17, 15) is 5.11 Å². The molecule has 0 saturated carbocycles. The summed E-state index contributed by atoms with van der Waals surface area (Å²) >= 11 is 0. The first kappa shape index (κ1) is 15.4. The summed E-state index contributed by atoms with van der Waals surface area (Å²) in [5.74, 6) is 1.32. The number of aliphatic hydroxyl groups is 1. The van der Waals surface area contributed by atoms with Crippen LogP contribution < -0.4 is 9.64 Å². The van der Waals surface area contributed by atoms with Crippen LogP contribution in [0.4, 0.5) is 0 Å². The maximum Gasteiger partial charge on any atom is 0.137 e. The summed E-state index contributed by atoms with van der Waals surface area (Å²) in [6.07, 6.45) is 4.17. The molecule has 124 valence electrons. The molecule has 3 heteroatoms. The predicted molar refractivity (Wildman–Crippen MR) is 94.6 cm³/mol. The molecule has 0 radical (unpaired) electrons. The lowest BCUT2D eigenvalue weighted by molar-refractivity contribution is -0.880. The highest BCUT2D eigenvalue weighted by Crippen LogP contribution is 2.26. The second kappa shape index (κ2) is 6.80. The minimum Gasteiger partial charge on any atom is -0.489 e. The lowest BCUT2D eigenvalue weighted by atomic mass is 9.83. The molecule has 2 N–H and O–H groups in total. The van der Waals surface area contributed by atoms with Crippen LogP contribution in [0.25, 0.3) is 6.08 Å². The zero-order valence-electron chi connectivity index (χ0n) is 13.8. The number of aliphatic hydroxyl groups excluding tert-OH is 1. The molecule has 5 rings (SSSR count). The molecule has 0 spiro atoms. The van der Waals surface area contributed by atoms with Gasteiger partial charge >= 0.3 is 0 Å². The Hall–Kier alpha value is -2.10. The monoisotopic (exact) mass is 322 g/mol. The molecule has 2 aromatic carbocycles. The van der Waals surface area contributed by atoms with Crippen molar-refractivity contribution in [2.75, 3.05) is 13.1 Å². The summed E-state index contributed by atoms with van der Waals surface area (Å²) in [6.45, 7) is 2.87. The Labute approximate surface area is 143 Å². The highest BCUT2D eigenvalue weighted by molar-refractivity contribution is 5.54. The van der Waals surface area contributed by atoms with Gasteiger partial charge < -0.3 is 14.7 Å². The molecule has 0 amide bonds. The molecule has 1 atom stereocenters. The van der Waals surface area contributed by atoms with Crippen LogP contribution in [0.5, 0.6) is 5.75 Å². The molecular formula is C21H24NO2+. The number of benzene rings is 2. The SMILES string of the molecule is O[C@H]1/C(=C/c2cccc(OCc3ccccc3)c2)[NH+]2CCC1CC2. The Balaban J connectivity index is 1.49. The van der Waals surface area contributed by atoms with Gasteiger partial charge in [0.15, 0.2) is 0 Å². The molecule has 3 fully saturated rings. The van der Waals surface area contributed by atoms with Gasteiger partial charge in [0.2, 0.25) is 0 Å². The van der Waals surface area contributed by atoms with E-state index in [0.29, 0.717) is 12.5 Å². The molecule has 24 heavy (non-hydrogen) atoms. The second-order valence-corrected chi connectivity index (χ2v) is 6.83. The van der Waals surface area contributed by atoms with E-state index < -0.39 is 0 Å². The average molecular weight is 322 g/mol. The molecular weight excluding hydrogens is 298 g/mol. The van der Waals surface area contributed by atoms with Crippen LogP contribution in [0.15, 0.2) is 60.3 Å².